The fourth-order valence-electron chi connectivity index (χ4n) is 2.66. The van der Waals surface area contributed by atoms with Gasteiger partial charge in [-0.15, -0.1) is 0 Å². The lowest BCUT2D eigenvalue weighted by molar-refractivity contribution is -0.00161. The zero-order valence-electron chi connectivity index (χ0n) is 9.00. The summed E-state index contributed by atoms with van der Waals surface area (Å²) < 4.78 is 11.3. The summed E-state index contributed by atoms with van der Waals surface area (Å²) in [5.41, 5.74) is 0. The van der Waals surface area contributed by atoms with E-state index in [9.17, 15) is 0 Å². The highest BCUT2D eigenvalue weighted by molar-refractivity contribution is 4.86. The molecule has 3 heteroatoms. The van der Waals surface area contributed by atoms with Gasteiger partial charge >= 0.3 is 0 Å². The van der Waals surface area contributed by atoms with E-state index in [-0.39, 0.29) is 0 Å². The van der Waals surface area contributed by atoms with Gasteiger partial charge in [0.2, 0.25) is 0 Å². The van der Waals surface area contributed by atoms with Gasteiger partial charge in [-0.3, -0.25) is 0 Å². The molecule has 0 amide bonds. The van der Waals surface area contributed by atoms with Crippen molar-refractivity contribution in [3.8, 4) is 0 Å². The van der Waals surface area contributed by atoms with Crippen LogP contribution < -0.4 is 5.32 Å². The highest BCUT2D eigenvalue weighted by atomic mass is 16.5. The van der Waals surface area contributed by atoms with Gasteiger partial charge in [0, 0.05) is 25.2 Å². The van der Waals surface area contributed by atoms with Gasteiger partial charge < -0.3 is 14.8 Å². The topological polar surface area (TPSA) is 30.5 Å². The summed E-state index contributed by atoms with van der Waals surface area (Å²) in [6, 6.07) is 0.498. The molecule has 2 saturated heterocycles. The van der Waals surface area contributed by atoms with E-state index in [4.69, 9.17) is 9.47 Å². The van der Waals surface area contributed by atoms with E-state index in [0.717, 1.165) is 19.8 Å². The molecule has 0 aromatic rings. The molecule has 0 aromatic carbocycles. The van der Waals surface area contributed by atoms with Crippen molar-refractivity contribution in [2.24, 2.45) is 5.92 Å². The van der Waals surface area contributed by atoms with Crippen LogP contribution in [0, 0.1) is 5.92 Å². The van der Waals surface area contributed by atoms with Crippen molar-refractivity contribution in [2.75, 3.05) is 26.9 Å². The van der Waals surface area contributed by atoms with Crippen molar-refractivity contribution < 1.29 is 9.47 Å². The summed E-state index contributed by atoms with van der Waals surface area (Å²) in [5.74, 6) is 0.650. The van der Waals surface area contributed by atoms with Crippen molar-refractivity contribution in [2.45, 2.75) is 37.8 Å². The average molecular weight is 199 g/mol. The van der Waals surface area contributed by atoms with E-state index in [1.54, 1.807) is 0 Å². The van der Waals surface area contributed by atoms with Crippen LogP contribution in [0.5, 0.6) is 0 Å². The molecule has 14 heavy (non-hydrogen) atoms. The molecule has 2 fully saturated rings. The number of nitrogens with one attached hydrogen (secondary N) is 1. The minimum atomic E-state index is 0.423. The zero-order valence-corrected chi connectivity index (χ0v) is 9.00. The normalized spacial score (nSPS) is 35.8. The molecule has 0 aliphatic carbocycles. The Balaban J connectivity index is 1.89. The molecule has 0 radical (unpaired) electrons. The van der Waals surface area contributed by atoms with E-state index >= 15 is 0 Å². The first-order chi connectivity index (χ1) is 6.92. The molecule has 3 unspecified atom stereocenters. The summed E-state index contributed by atoms with van der Waals surface area (Å²) in [5, 5.41) is 3.41. The van der Waals surface area contributed by atoms with Crippen LogP contribution >= 0.6 is 0 Å². The Bertz CT molecular complexity index is 163. The maximum atomic E-state index is 5.74. The van der Waals surface area contributed by atoms with Crippen LogP contribution in [0.2, 0.25) is 0 Å². The summed E-state index contributed by atoms with van der Waals surface area (Å²) in [6.45, 7) is 2.79. The number of rotatable bonds is 3. The molecule has 0 aromatic heterocycles. The lowest BCUT2D eigenvalue weighted by Crippen LogP contribution is -2.46. The summed E-state index contributed by atoms with van der Waals surface area (Å²) in [7, 11) is 2.04. The predicted octanol–water partition coefficient (Wildman–Crippen LogP) is 1.18. The first kappa shape index (κ1) is 10.4. The predicted molar refractivity (Wildman–Crippen MR) is 55.4 cm³/mol. The Labute approximate surface area is 86.2 Å². The van der Waals surface area contributed by atoms with Gasteiger partial charge in [-0.25, -0.2) is 0 Å². The SMILES string of the molecule is CNC(C1CCCOC1)C1CCCO1. The van der Waals surface area contributed by atoms with Crippen LogP contribution in [-0.4, -0.2) is 39.0 Å². The second-order valence-electron chi connectivity index (χ2n) is 4.34. The van der Waals surface area contributed by atoms with Crippen LogP contribution in [0.15, 0.2) is 0 Å². The van der Waals surface area contributed by atoms with Crippen LogP contribution in [0.3, 0.4) is 0 Å². The van der Waals surface area contributed by atoms with Gasteiger partial charge in [0.15, 0.2) is 0 Å². The summed E-state index contributed by atoms with van der Waals surface area (Å²) in [4.78, 5) is 0. The lowest BCUT2D eigenvalue weighted by Gasteiger charge is -2.33. The monoisotopic (exact) mass is 199 g/mol. The van der Waals surface area contributed by atoms with Crippen molar-refractivity contribution in [3.63, 3.8) is 0 Å². The lowest BCUT2D eigenvalue weighted by atomic mass is 9.89. The minimum Gasteiger partial charge on any atom is -0.381 e. The smallest absolute Gasteiger partial charge is 0.0732 e. The van der Waals surface area contributed by atoms with Crippen LogP contribution in [-0.2, 0) is 9.47 Å². The second kappa shape index (κ2) is 5.10. The molecule has 2 aliphatic rings. The average Bonchev–Trinajstić information content (AvgIpc) is 2.74. The zero-order chi connectivity index (χ0) is 9.80. The Morgan fingerprint density at radius 1 is 1.21 bits per heavy atom. The van der Waals surface area contributed by atoms with Crippen LogP contribution in [0.1, 0.15) is 25.7 Å². The maximum absolute atomic E-state index is 5.74. The first-order valence-corrected chi connectivity index (χ1v) is 5.78. The van der Waals surface area contributed by atoms with Gasteiger partial charge in [0.25, 0.3) is 0 Å². The molecular weight excluding hydrogens is 178 g/mol. The van der Waals surface area contributed by atoms with Crippen molar-refractivity contribution in [1.29, 1.82) is 0 Å². The molecule has 1 N–H and O–H groups in total. The van der Waals surface area contributed by atoms with Crippen molar-refractivity contribution in [1.82, 2.24) is 5.32 Å². The number of hydrogen-bond donors (Lipinski definition) is 1. The van der Waals surface area contributed by atoms with Crippen LogP contribution in [0.4, 0.5) is 0 Å². The molecule has 82 valence electrons. The highest BCUT2D eigenvalue weighted by Crippen LogP contribution is 2.25. The third-order valence-corrected chi connectivity index (χ3v) is 3.40. The number of likely N-dealkylation sites (N-methyl/N-ethyl adjacent to an activating group) is 1. The van der Waals surface area contributed by atoms with E-state index < -0.39 is 0 Å². The van der Waals surface area contributed by atoms with Crippen molar-refractivity contribution in [3.05, 3.63) is 0 Å². The molecule has 0 bridgehead atoms. The number of ether oxygens (including phenoxy) is 2. The first-order valence-electron chi connectivity index (χ1n) is 5.78. The fourth-order valence-corrected chi connectivity index (χ4v) is 2.66. The van der Waals surface area contributed by atoms with Gasteiger partial charge in [-0.1, -0.05) is 0 Å². The third kappa shape index (κ3) is 2.27. The fraction of sp³-hybridized carbons (Fsp3) is 1.00. The summed E-state index contributed by atoms with van der Waals surface area (Å²) >= 11 is 0. The second-order valence-corrected chi connectivity index (χ2v) is 4.34. The molecule has 2 heterocycles. The Morgan fingerprint density at radius 3 is 2.64 bits per heavy atom. The number of hydrogen-bond acceptors (Lipinski definition) is 3. The van der Waals surface area contributed by atoms with E-state index in [0.29, 0.717) is 18.1 Å². The van der Waals surface area contributed by atoms with Crippen molar-refractivity contribution >= 4 is 0 Å². The van der Waals surface area contributed by atoms with Gasteiger partial charge in [0.05, 0.1) is 12.7 Å². The Hall–Kier alpha value is -0.120. The van der Waals surface area contributed by atoms with E-state index in [2.05, 4.69) is 5.32 Å². The molecule has 3 nitrogen and oxygen atoms in total. The summed E-state index contributed by atoms with van der Waals surface area (Å²) in [6.07, 6.45) is 5.34. The van der Waals surface area contributed by atoms with Crippen LogP contribution in [0.25, 0.3) is 0 Å². The standard InChI is InChI=1S/C11H21NO2/c1-12-11(10-5-3-7-14-10)9-4-2-6-13-8-9/h9-12H,2-8H2,1H3. The highest BCUT2D eigenvalue weighted by Gasteiger charge is 2.32. The van der Waals surface area contributed by atoms with Gasteiger partial charge in [0.1, 0.15) is 0 Å². The molecule has 0 spiro atoms. The van der Waals surface area contributed by atoms with E-state index in [1.807, 2.05) is 7.05 Å². The molecular formula is C11H21NO2. The molecule has 2 rings (SSSR count). The maximum Gasteiger partial charge on any atom is 0.0732 e. The quantitative estimate of drug-likeness (QED) is 0.740. The largest absolute Gasteiger partial charge is 0.381 e. The van der Waals surface area contributed by atoms with Gasteiger partial charge in [-0.2, -0.15) is 0 Å². The Morgan fingerprint density at radius 2 is 2.07 bits per heavy atom. The molecule has 0 saturated carbocycles. The molecule has 3 atom stereocenters. The van der Waals surface area contributed by atoms with Gasteiger partial charge in [-0.05, 0) is 32.7 Å². The molecule has 2 aliphatic heterocycles. The third-order valence-electron chi connectivity index (χ3n) is 3.40. The Kier molecular flexibility index (Phi) is 3.79. The minimum absolute atomic E-state index is 0.423. The van der Waals surface area contributed by atoms with E-state index in [1.165, 1.54) is 25.7 Å².